The number of nitrogens with zero attached hydrogens (tertiary/aromatic N) is 2. The first-order valence-corrected chi connectivity index (χ1v) is 6.02. The summed E-state index contributed by atoms with van der Waals surface area (Å²) in [5.41, 5.74) is 7.01. The van der Waals surface area contributed by atoms with Crippen molar-refractivity contribution >= 4 is 22.8 Å². The Morgan fingerprint density at radius 1 is 1.44 bits per heavy atom. The van der Waals surface area contributed by atoms with Crippen LogP contribution in [0.15, 0.2) is 22.6 Å². The molecule has 0 saturated heterocycles. The number of aromatic nitrogens is 1. The number of aliphatic hydroxyl groups is 1. The number of hydrogen-bond acceptors (Lipinski definition) is 5. The average molecular weight is 249 g/mol. The number of nitrogens with two attached hydrogens (primary N) is 1. The fourth-order valence-electron chi connectivity index (χ4n) is 1.85. The van der Waals surface area contributed by atoms with Crippen LogP contribution in [0.1, 0.15) is 20.8 Å². The van der Waals surface area contributed by atoms with Crippen molar-refractivity contribution in [1.29, 1.82) is 0 Å². The lowest BCUT2D eigenvalue weighted by Gasteiger charge is -2.26. The van der Waals surface area contributed by atoms with Crippen molar-refractivity contribution in [2.45, 2.75) is 26.4 Å². The summed E-state index contributed by atoms with van der Waals surface area (Å²) in [5, 5.41) is 9.87. The minimum atomic E-state index is -0.796. The highest BCUT2D eigenvalue weighted by atomic mass is 16.4. The maximum Gasteiger partial charge on any atom is 0.298 e. The number of benzene rings is 1. The van der Waals surface area contributed by atoms with Crippen LogP contribution in [0.5, 0.6) is 0 Å². The smallest absolute Gasteiger partial charge is 0.298 e. The molecule has 0 bridgehead atoms. The molecule has 0 aliphatic rings. The van der Waals surface area contributed by atoms with Gasteiger partial charge >= 0.3 is 0 Å². The number of likely N-dealkylation sites (N-methyl/N-ethyl adjacent to an activating group) is 1. The zero-order valence-electron chi connectivity index (χ0n) is 11.0. The van der Waals surface area contributed by atoms with Gasteiger partial charge < -0.3 is 20.2 Å². The Morgan fingerprint density at radius 2 is 2.17 bits per heavy atom. The lowest BCUT2D eigenvalue weighted by Crippen LogP contribution is -2.38. The molecule has 0 fully saturated rings. The van der Waals surface area contributed by atoms with E-state index in [0.29, 0.717) is 30.4 Å². The topological polar surface area (TPSA) is 75.5 Å². The molecule has 5 heteroatoms. The van der Waals surface area contributed by atoms with Gasteiger partial charge in [-0.15, -0.1) is 0 Å². The molecular weight excluding hydrogens is 230 g/mol. The summed E-state index contributed by atoms with van der Waals surface area (Å²) in [4.78, 5) is 6.30. The summed E-state index contributed by atoms with van der Waals surface area (Å²) < 4.78 is 5.67. The van der Waals surface area contributed by atoms with E-state index in [1.807, 2.05) is 11.8 Å². The van der Waals surface area contributed by atoms with Crippen molar-refractivity contribution in [2.24, 2.45) is 0 Å². The van der Waals surface area contributed by atoms with Crippen molar-refractivity contribution in [1.82, 2.24) is 4.98 Å². The lowest BCUT2D eigenvalue weighted by molar-refractivity contribution is 0.0864. The normalized spacial score (nSPS) is 12.0. The van der Waals surface area contributed by atoms with Crippen molar-refractivity contribution < 1.29 is 9.52 Å². The number of nitrogen functional groups attached to an aromatic ring is 1. The Labute approximate surface area is 106 Å². The molecule has 2 aromatic rings. The van der Waals surface area contributed by atoms with Crippen molar-refractivity contribution in [3.63, 3.8) is 0 Å². The van der Waals surface area contributed by atoms with E-state index in [1.165, 1.54) is 0 Å². The number of rotatable bonds is 4. The largest absolute Gasteiger partial charge is 0.423 e. The van der Waals surface area contributed by atoms with E-state index in [-0.39, 0.29) is 0 Å². The van der Waals surface area contributed by atoms with Crippen LogP contribution in [-0.2, 0) is 0 Å². The van der Waals surface area contributed by atoms with E-state index in [4.69, 9.17) is 10.2 Å². The summed E-state index contributed by atoms with van der Waals surface area (Å²) in [6, 6.07) is 5.88. The van der Waals surface area contributed by atoms with Gasteiger partial charge in [-0.25, -0.2) is 0 Å². The molecule has 3 N–H and O–H groups in total. The third kappa shape index (κ3) is 2.73. The fraction of sp³-hybridized carbons (Fsp3) is 0.462. The molecular formula is C13H19N3O2. The molecule has 1 aromatic carbocycles. The highest BCUT2D eigenvalue weighted by molar-refractivity contribution is 5.78. The first-order valence-electron chi connectivity index (χ1n) is 6.02. The molecule has 0 saturated carbocycles. The second kappa shape index (κ2) is 4.49. The molecule has 98 valence electrons. The van der Waals surface area contributed by atoms with E-state index in [0.717, 1.165) is 5.52 Å². The predicted molar refractivity (Wildman–Crippen MR) is 72.6 cm³/mol. The van der Waals surface area contributed by atoms with E-state index in [1.54, 1.807) is 32.0 Å². The van der Waals surface area contributed by atoms with E-state index in [2.05, 4.69) is 4.98 Å². The number of fused-ring (bicyclic) bond motifs is 1. The standard InChI is InChI=1S/C13H19N3O2/c1-4-16(8-13(2,3)17)12-15-10-7-9(14)5-6-11(10)18-12/h5-7,17H,4,8,14H2,1-3H3. The Bertz CT molecular complexity index is 543. The summed E-state index contributed by atoms with van der Waals surface area (Å²) in [6.45, 7) is 6.69. The minimum Gasteiger partial charge on any atom is -0.423 e. The molecule has 0 spiro atoms. The SMILES string of the molecule is CCN(CC(C)(C)O)c1nc2cc(N)ccc2o1. The highest BCUT2D eigenvalue weighted by Crippen LogP contribution is 2.24. The van der Waals surface area contributed by atoms with E-state index in [9.17, 15) is 5.11 Å². The van der Waals surface area contributed by atoms with Gasteiger partial charge in [-0.1, -0.05) is 0 Å². The van der Waals surface area contributed by atoms with Crippen LogP contribution in [0.4, 0.5) is 11.7 Å². The molecule has 2 rings (SSSR count). The van der Waals surface area contributed by atoms with Crippen LogP contribution < -0.4 is 10.6 Å². The van der Waals surface area contributed by atoms with Crippen LogP contribution in [0.2, 0.25) is 0 Å². The summed E-state index contributed by atoms with van der Waals surface area (Å²) in [5.74, 6) is 0. The van der Waals surface area contributed by atoms with Crippen molar-refractivity contribution in [2.75, 3.05) is 23.7 Å². The zero-order chi connectivity index (χ0) is 13.3. The first kappa shape index (κ1) is 12.7. The molecule has 18 heavy (non-hydrogen) atoms. The Hall–Kier alpha value is -1.75. The van der Waals surface area contributed by atoms with Gasteiger partial charge in [0.2, 0.25) is 0 Å². The molecule has 0 atom stereocenters. The van der Waals surface area contributed by atoms with Crippen LogP contribution in [0.25, 0.3) is 11.1 Å². The molecule has 0 unspecified atom stereocenters. The van der Waals surface area contributed by atoms with Crippen LogP contribution >= 0.6 is 0 Å². The molecule has 5 nitrogen and oxygen atoms in total. The number of oxazole rings is 1. The van der Waals surface area contributed by atoms with Crippen LogP contribution in [0, 0.1) is 0 Å². The molecule has 0 amide bonds. The van der Waals surface area contributed by atoms with E-state index < -0.39 is 5.60 Å². The average Bonchev–Trinajstić information content (AvgIpc) is 2.67. The minimum absolute atomic E-state index is 0.464. The summed E-state index contributed by atoms with van der Waals surface area (Å²) >= 11 is 0. The third-order valence-electron chi connectivity index (χ3n) is 2.63. The van der Waals surface area contributed by atoms with E-state index >= 15 is 0 Å². The maximum atomic E-state index is 9.87. The monoisotopic (exact) mass is 249 g/mol. The molecule has 1 heterocycles. The van der Waals surface area contributed by atoms with Gasteiger partial charge in [-0.2, -0.15) is 4.98 Å². The van der Waals surface area contributed by atoms with Gasteiger partial charge in [-0.3, -0.25) is 0 Å². The Morgan fingerprint density at radius 3 is 2.78 bits per heavy atom. The van der Waals surface area contributed by atoms with Gasteiger partial charge in [0.05, 0.1) is 12.1 Å². The summed E-state index contributed by atoms with van der Waals surface area (Å²) in [7, 11) is 0. The van der Waals surface area contributed by atoms with Gasteiger partial charge in [0.15, 0.2) is 5.58 Å². The maximum absolute atomic E-state index is 9.87. The Kier molecular flexibility index (Phi) is 3.17. The third-order valence-corrected chi connectivity index (χ3v) is 2.63. The van der Waals surface area contributed by atoms with Gasteiger partial charge in [-0.05, 0) is 39.0 Å². The molecule has 0 radical (unpaired) electrons. The number of hydrogen-bond donors (Lipinski definition) is 2. The second-order valence-corrected chi connectivity index (χ2v) is 5.05. The van der Waals surface area contributed by atoms with Crippen LogP contribution in [0.3, 0.4) is 0 Å². The Balaban J connectivity index is 2.34. The van der Waals surface area contributed by atoms with Gasteiger partial charge in [0.1, 0.15) is 5.52 Å². The lowest BCUT2D eigenvalue weighted by atomic mass is 10.1. The van der Waals surface area contributed by atoms with Crippen LogP contribution in [-0.4, -0.2) is 28.8 Å². The second-order valence-electron chi connectivity index (χ2n) is 5.05. The zero-order valence-corrected chi connectivity index (χ0v) is 11.0. The van der Waals surface area contributed by atoms with Crippen molar-refractivity contribution in [3.8, 4) is 0 Å². The van der Waals surface area contributed by atoms with Gasteiger partial charge in [0.25, 0.3) is 6.01 Å². The fourth-order valence-corrected chi connectivity index (χ4v) is 1.85. The quantitative estimate of drug-likeness (QED) is 0.811. The molecule has 1 aromatic heterocycles. The summed E-state index contributed by atoms with van der Waals surface area (Å²) in [6.07, 6.45) is 0. The first-order chi connectivity index (χ1) is 8.39. The molecule has 0 aliphatic heterocycles. The predicted octanol–water partition coefficient (Wildman–Crippen LogP) is 2.01. The van der Waals surface area contributed by atoms with Gasteiger partial charge in [0, 0.05) is 12.2 Å². The number of anilines is 2. The molecule has 0 aliphatic carbocycles. The van der Waals surface area contributed by atoms with Crippen molar-refractivity contribution in [3.05, 3.63) is 18.2 Å². The highest BCUT2D eigenvalue weighted by Gasteiger charge is 2.21.